The van der Waals surface area contributed by atoms with Crippen LogP contribution in [0.2, 0.25) is 0 Å². The van der Waals surface area contributed by atoms with Gasteiger partial charge in [-0.3, -0.25) is 4.79 Å². The number of rotatable bonds is 5. The lowest BCUT2D eigenvalue weighted by Gasteiger charge is -2.54. The topological polar surface area (TPSA) is 68.5 Å². The Kier molecular flexibility index (Phi) is 4.46. The molecule has 5 nitrogen and oxygen atoms in total. The number of nitrogens with zero attached hydrogens (tertiary/aromatic N) is 2. The van der Waals surface area contributed by atoms with Crippen LogP contribution in [0, 0.1) is 5.41 Å². The Morgan fingerprint density at radius 3 is 2.85 bits per heavy atom. The Bertz CT molecular complexity index is 487. The highest BCUT2D eigenvalue weighted by Gasteiger charge is 2.51. The summed E-state index contributed by atoms with van der Waals surface area (Å²) in [6.45, 7) is 7.39. The highest BCUT2D eigenvalue weighted by Crippen LogP contribution is 2.45. The molecule has 1 heterocycles. The number of aromatic nitrogens is 1. The van der Waals surface area contributed by atoms with Crippen molar-refractivity contribution in [2.45, 2.75) is 45.9 Å². The van der Waals surface area contributed by atoms with Crippen LogP contribution in [-0.2, 0) is 11.3 Å². The van der Waals surface area contributed by atoms with E-state index in [0.29, 0.717) is 18.8 Å². The van der Waals surface area contributed by atoms with E-state index in [9.17, 15) is 4.79 Å². The molecule has 0 unspecified atom stereocenters. The van der Waals surface area contributed by atoms with Gasteiger partial charge in [-0.15, -0.1) is 11.3 Å². The number of carbonyl (C=O) groups is 1. The van der Waals surface area contributed by atoms with Gasteiger partial charge in [0.1, 0.15) is 10.7 Å². The maximum Gasteiger partial charge on any atom is 0.273 e. The van der Waals surface area contributed by atoms with E-state index in [1.807, 2.05) is 14.0 Å². The third-order valence-corrected chi connectivity index (χ3v) is 5.10. The molecular formula is C14H23N3O2S. The lowest BCUT2D eigenvalue weighted by Crippen LogP contribution is -2.62. The normalized spacial score (nSPS) is 24.2. The predicted octanol–water partition coefficient (Wildman–Crippen LogP) is 1.88. The van der Waals surface area contributed by atoms with Crippen molar-refractivity contribution < 1.29 is 9.53 Å². The third kappa shape index (κ3) is 2.60. The van der Waals surface area contributed by atoms with Crippen molar-refractivity contribution in [2.75, 3.05) is 13.7 Å². The third-order valence-electron chi connectivity index (χ3n) is 4.23. The van der Waals surface area contributed by atoms with Crippen LogP contribution in [0.5, 0.6) is 0 Å². The zero-order valence-corrected chi connectivity index (χ0v) is 13.4. The summed E-state index contributed by atoms with van der Waals surface area (Å²) < 4.78 is 5.71. The predicted molar refractivity (Wildman–Crippen MR) is 79.7 cm³/mol. The SMILES string of the molecule is CCO[C@@H]1C[C@@H](N(C)C(=O)c2csc(CN)n2)C1(C)C. The molecule has 0 saturated heterocycles. The first-order chi connectivity index (χ1) is 9.41. The molecule has 1 saturated carbocycles. The van der Waals surface area contributed by atoms with Gasteiger partial charge in [0.05, 0.1) is 6.10 Å². The van der Waals surface area contributed by atoms with Crippen molar-refractivity contribution in [3.63, 3.8) is 0 Å². The van der Waals surface area contributed by atoms with Gasteiger partial charge in [0.15, 0.2) is 0 Å². The lowest BCUT2D eigenvalue weighted by atomic mass is 9.63. The number of thiazole rings is 1. The summed E-state index contributed by atoms with van der Waals surface area (Å²) in [5.41, 5.74) is 6.01. The van der Waals surface area contributed by atoms with Crippen molar-refractivity contribution in [1.29, 1.82) is 0 Å². The summed E-state index contributed by atoms with van der Waals surface area (Å²) in [6, 6.07) is 0.189. The fraction of sp³-hybridized carbons (Fsp3) is 0.714. The van der Waals surface area contributed by atoms with E-state index in [2.05, 4.69) is 18.8 Å². The van der Waals surface area contributed by atoms with Crippen LogP contribution in [0.3, 0.4) is 0 Å². The van der Waals surface area contributed by atoms with Crippen molar-refractivity contribution in [3.8, 4) is 0 Å². The van der Waals surface area contributed by atoms with Crippen LogP contribution in [0.1, 0.15) is 42.7 Å². The van der Waals surface area contributed by atoms with Crippen molar-refractivity contribution in [2.24, 2.45) is 11.1 Å². The Morgan fingerprint density at radius 1 is 1.65 bits per heavy atom. The molecule has 1 aromatic heterocycles. The molecule has 20 heavy (non-hydrogen) atoms. The number of hydrogen-bond acceptors (Lipinski definition) is 5. The molecule has 0 aliphatic heterocycles. The van der Waals surface area contributed by atoms with Gasteiger partial charge in [0.25, 0.3) is 5.91 Å². The van der Waals surface area contributed by atoms with Gasteiger partial charge in [-0.1, -0.05) is 13.8 Å². The summed E-state index contributed by atoms with van der Waals surface area (Å²) in [5.74, 6) is -0.0334. The van der Waals surface area contributed by atoms with Crippen molar-refractivity contribution in [1.82, 2.24) is 9.88 Å². The molecule has 0 aromatic carbocycles. The molecule has 1 aliphatic rings. The number of hydrogen-bond donors (Lipinski definition) is 1. The minimum absolute atomic E-state index is 0.0207. The molecular weight excluding hydrogens is 274 g/mol. The summed E-state index contributed by atoms with van der Waals surface area (Å²) in [7, 11) is 1.85. The maximum absolute atomic E-state index is 12.4. The zero-order valence-electron chi connectivity index (χ0n) is 12.5. The molecule has 112 valence electrons. The van der Waals surface area contributed by atoms with E-state index < -0.39 is 0 Å². The first kappa shape index (κ1) is 15.4. The highest BCUT2D eigenvalue weighted by atomic mass is 32.1. The van der Waals surface area contributed by atoms with E-state index in [1.165, 1.54) is 11.3 Å². The minimum Gasteiger partial charge on any atom is -0.378 e. The summed E-state index contributed by atoms with van der Waals surface area (Å²) in [4.78, 5) is 18.5. The first-order valence-electron chi connectivity index (χ1n) is 6.95. The molecule has 1 amide bonds. The first-order valence-corrected chi connectivity index (χ1v) is 7.83. The highest BCUT2D eigenvalue weighted by molar-refractivity contribution is 7.09. The van der Waals surface area contributed by atoms with E-state index in [1.54, 1.807) is 10.3 Å². The second-order valence-electron chi connectivity index (χ2n) is 5.76. The Morgan fingerprint density at radius 2 is 2.35 bits per heavy atom. The molecule has 2 N–H and O–H groups in total. The van der Waals surface area contributed by atoms with E-state index in [-0.39, 0.29) is 23.5 Å². The second kappa shape index (κ2) is 5.79. The Balaban J connectivity index is 2.05. The van der Waals surface area contributed by atoms with Gasteiger partial charge in [-0.25, -0.2) is 4.98 Å². The molecule has 6 heteroatoms. The monoisotopic (exact) mass is 297 g/mol. The Labute approximate surface area is 124 Å². The van der Waals surface area contributed by atoms with Crippen molar-refractivity contribution in [3.05, 3.63) is 16.1 Å². The van der Waals surface area contributed by atoms with Crippen molar-refractivity contribution >= 4 is 17.2 Å². The number of nitrogens with two attached hydrogens (primary N) is 1. The largest absolute Gasteiger partial charge is 0.378 e. The average Bonchev–Trinajstić information content (AvgIpc) is 2.90. The van der Waals surface area contributed by atoms with Crippen LogP contribution in [0.4, 0.5) is 0 Å². The molecule has 2 rings (SSSR count). The molecule has 0 spiro atoms. The van der Waals surface area contributed by atoms with Gasteiger partial charge in [0.2, 0.25) is 0 Å². The molecule has 0 bridgehead atoms. The van der Waals surface area contributed by atoms with Gasteiger partial charge < -0.3 is 15.4 Å². The average molecular weight is 297 g/mol. The standard InChI is InChI=1S/C14H23N3O2S/c1-5-19-11-6-10(14(11,2)3)17(4)13(18)9-8-20-12(7-15)16-9/h8,10-11H,5-7,15H2,1-4H3/t10-,11-/m1/s1. The summed E-state index contributed by atoms with van der Waals surface area (Å²) >= 11 is 1.43. The van der Waals surface area contributed by atoms with E-state index >= 15 is 0 Å². The Hall–Kier alpha value is -0.980. The van der Waals surface area contributed by atoms with Crippen LogP contribution < -0.4 is 5.73 Å². The van der Waals surface area contributed by atoms with Gasteiger partial charge >= 0.3 is 0 Å². The fourth-order valence-electron chi connectivity index (χ4n) is 2.83. The molecule has 1 aromatic rings. The fourth-order valence-corrected chi connectivity index (χ4v) is 3.48. The van der Waals surface area contributed by atoms with E-state index in [4.69, 9.17) is 10.5 Å². The van der Waals surface area contributed by atoms with Crippen LogP contribution in [0.15, 0.2) is 5.38 Å². The summed E-state index contributed by atoms with van der Waals surface area (Å²) in [5, 5.41) is 2.58. The zero-order chi connectivity index (χ0) is 14.9. The van der Waals surface area contributed by atoms with Gasteiger partial charge in [-0.2, -0.15) is 0 Å². The van der Waals surface area contributed by atoms with Gasteiger partial charge in [0, 0.05) is 37.0 Å². The summed E-state index contributed by atoms with van der Waals surface area (Å²) in [6.07, 6.45) is 1.11. The molecule has 2 atom stereocenters. The van der Waals surface area contributed by atoms with Crippen LogP contribution >= 0.6 is 11.3 Å². The molecule has 1 aliphatic carbocycles. The number of amides is 1. The molecule has 1 fully saturated rings. The second-order valence-corrected chi connectivity index (χ2v) is 6.71. The van der Waals surface area contributed by atoms with E-state index in [0.717, 1.165) is 11.4 Å². The van der Waals surface area contributed by atoms with Crippen LogP contribution in [-0.4, -0.2) is 41.6 Å². The number of ether oxygens (including phenoxy) is 1. The number of carbonyl (C=O) groups excluding carboxylic acids is 1. The quantitative estimate of drug-likeness (QED) is 0.901. The minimum atomic E-state index is -0.0334. The van der Waals surface area contributed by atoms with Gasteiger partial charge in [-0.05, 0) is 13.3 Å². The lowest BCUT2D eigenvalue weighted by molar-refractivity contribution is -0.136. The smallest absolute Gasteiger partial charge is 0.273 e. The molecule has 0 radical (unpaired) electrons. The maximum atomic E-state index is 12.4. The van der Waals surface area contributed by atoms with Crippen LogP contribution in [0.25, 0.3) is 0 Å².